The third-order valence-corrected chi connectivity index (χ3v) is 5.25. The topological polar surface area (TPSA) is 62.1 Å². The summed E-state index contributed by atoms with van der Waals surface area (Å²) in [6, 6.07) is 18.2. The van der Waals surface area contributed by atoms with Crippen LogP contribution in [0, 0.1) is 0 Å². The van der Waals surface area contributed by atoms with Gasteiger partial charge in [-0.2, -0.15) is 0 Å². The van der Waals surface area contributed by atoms with Gasteiger partial charge in [-0.05, 0) is 42.6 Å². The summed E-state index contributed by atoms with van der Waals surface area (Å²) in [6.07, 6.45) is 5.28. The summed E-state index contributed by atoms with van der Waals surface area (Å²) in [5.41, 5.74) is 9.24. The van der Waals surface area contributed by atoms with E-state index in [0.717, 1.165) is 30.5 Å². The second kappa shape index (κ2) is 6.73. The molecule has 0 spiro atoms. The quantitative estimate of drug-likeness (QED) is 0.760. The Kier molecular flexibility index (Phi) is 4.28. The van der Waals surface area contributed by atoms with Gasteiger partial charge in [-0.15, -0.1) is 0 Å². The zero-order valence-electron chi connectivity index (χ0n) is 14.2. The Morgan fingerprint density at radius 3 is 2.72 bits per heavy atom. The number of nitrogens with two attached hydrogens (primary N) is 1. The molecule has 3 N–H and O–H groups in total. The highest BCUT2D eigenvalue weighted by Gasteiger charge is 2.34. The summed E-state index contributed by atoms with van der Waals surface area (Å²) in [4.78, 5) is 17.9. The molecule has 1 aliphatic rings. The van der Waals surface area contributed by atoms with Crippen molar-refractivity contribution < 1.29 is 4.79 Å². The van der Waals surface area contributed by atoms with Gasteiger partial charge in [-0.3, -0.25) is 9.69 Å². The summed E-state index contributed by atoms with van der Waals surface area (Å²) >= 11 is 0. The number of carbonyl (C=O) groups excluding carboxylic acids is 1. The number of amides is 1. The number of carbonyl (C=O) groups is 1. The van der Waals surface area contributed by atoms with Gasteiger partial charge in [0.25, 0.3) is 0 Å². The van der Waals surface area contributed by atoms with Crippen LogP contribution in [0.15, 0.2) is 60.8 Å². The fourth-order valence-electron chi connectivity index (χ4n) is 4.15. The highest BCUT2D eigenvalue weighted by Crippen LogP contribution is 2.39. The van der Waals surface area contributed by atoms with Crippen molar-refractivity contribution in [2.45, 2.75) is 31.3 Å². The van der Waals surface area contributed by atoms with E-state index in [2.05, 4.69) is 34.1 Å². The van der Waals surface area contributed by atoms with Crippen LogP contribution in [0.4, 0.5) is 0 Å². The first-order valence-electron chi connectivity index (χ1n) is 8.92. The number of nitrogens with one attached hydrogen (secondary N) is 1. The maximum Gasteiger partial charge on any atom is 0.239 e. The molecular weight excluding hydrogens is 310 g/mol. The molecule has 25 heavy (non-hydrogen) atoms. The van der Waals surface area contributed by atoms with Crippen molar-refractivity contribution in [1.29, 1.82) is 0 Å². The molecule has 4 heteroatoms. The molecule has 1 aromatic heterocycles. The van der Waals surface area contributed by atoms with Crippen LogP contribution in [-0.2, 0) is 4.79 Å². The maximum absolute atomic E-state index is 12.4. The maximum atomic E-state index is 12.4. The fourth-order valence-corrected chi connectivity index (χ4v) is 4.15. The summed E-state index contributed by atoms with van der Waals surface area (Å²) in [6.45, 7) is 0.883. The summed E-state index contributed by atoms with van der Waals surface area (Å²) < 4.78 is 0. The van der Waals surface area contributed by atoms with Gasteiger partial charge < -0.3 is 10.7 Å². The molecule has 1 saturated heterocycles. The first kappa shape index (κ1) is 15.9. The molecule has 1 fully saturated rings. The summed E-state index contributed by atoms with van der Waals surface area (Å²) in [5.74, 6) is -0.278. The van der Waals surface area contributed by atoms with Crippen molar-refractivity contribution in [1.82, 2.24) is 9.88 Å². The Hall–Kier alpha value is -2.59. The van der Waals surface area contributed by atoms with Crippen LogP contribution in [0.25, 0.3) is 10.9 Å². The average Bonchev–Trinajstić information content (AvgIpc) is 3.12. The third kappa shape index (κ3) is 2.94. The van der Waals surface area contributed by atoms with Gasteiger partial charge in [-0.1, -0.05) is 48.9 Å². The molecule has 0 radical (unpaired) electrons. The van der Waals surface area contributed by atoms with Gasteiger partial charge in [0.2, 0.25) is 5.91 Å². The lowest BCUT2D eigenvalue weighted by Crippen LogP contribution is -2.42. The lowest BCUT2D eigenvalue weighted by atomic mass is 9.90. The summed E-state index contributed by atoms with van der Waals surface area (Å²) in [5, 5.41) is 1.23. The highest BCUT2D eigenvalue weighted by atomic mass is 16.1. The molecule has 3 aromatic rings. The van der Waals surface area contributed by atoms with Gasteiger partial charge in [0.05, 0.1) is 0 Å². The van der Waals surface area contributed by atoms with Crippen molar-refractivity contribution in [3.63, 3.8) is 0 Å². The van der Waals surface area contributed by atoms with Gasteiger partial charge in [-0.25, -0.2) is 0 Å². The number of fused-ring (bicyclic) bond motifs is 1. The van der Waals surface area contributed by atoms with E-state index in [4.69, 9.17) is 5.73 Å². The SMILES string of the molecule is NC(=O)C(c1ccccc1)N1CCCCC1c1cccc2[nH]ccc12. The van der Waals surface area contributed by atoms with Crippen LogP contribution in [0.1, 0.15) is 42.5 Å². The van der Waals surface area contributed by atoms with E-state index >= 15 is 0 Å². The Labute approximate surface area is 147 Å². The third-order valence-electron chi connectivity index (χ3n) is 5.25. The van der Waals surface area contributed by atoms with Crippen molar-refractivity contribution in [2.75, 3.05) is 6.54 Å². The van der Waals surface area contributed by atoms with Gasteiger partial charge in [0.15, 0.2) is 0 Å². The Balaban J connectivity index is 1.78. The molecule has 0 bridgehead atoms. The molecule has 1 aliphatic heterocycles. The molecule has 0 saturated carbocycles. The number of rotatable bonds is 4. The molecule has 4 nitrogen and oxygen atoms in total. The molecule has 2 heterocycles. The number of aromatic nitrogens is 1. The average molecular weight is 333 g/mol. The first-order valence-corrected chi connectivity index (χ1v) is 8.92. The monoisotopic (exact) mass is 333 g/mol. The number of piperidine rings is 1. The summed E-state index contributed by atoms with van der Waals surface area (Å²) in [7, 11) is 0. The van der Waals surface area contributed by atoms with Crippen LogP contribution >= 0.6 is 0 Å². The van der Waals surface area contributed by atoms with E-state index in [9.17, 15) is 4.79 Å². The molecule has 0 aliphatic carbocycles. The normalized spacial score (nSPS) is 19.8. The molecular formula is C21H23N3O. The number of aromatic amines is 1. The van der Waals surface area contributed by atoms with Crippen LogP contribution in [0.2, 0.25) is 0 Å². The molecule has 2 unspecified atom stereocenters. The Morgan fingerprint density at radius 2 is 1.92 bits per heavy atom. The number of primary amides is 1. The van der Waals surface area contributed by atoms with E-state index in [1.165, 1.54) is 17.4 Å². The van der Waals surface area contributed by atoms with Crippen molar-refractivity contribution >= 4 is 16.8 Å². The first-order chi connectivity index (χ1) is 12.3. The minimum atomic E-state index is -0.388. The van der Waals surface area contributed by atoms with E-state index in [0.29, 0.717) is 0 Å². The fraction of sp³-hybridized carbons (Fsp3) is 0.286. The van der Waals surface area contributed by atoms with Crippen molar-refractivity contribution in [3.05, 3.63) is 71.9 Å². The van der Waals surface area contributed by atoms with Crippen molar-refractivity contribution in [2.24, 2.45) is 5.73 Å². The Morgan fingerprint density at radius 1 is 1.08 bits per heavy atom. The van der Waals surface area contributed by atoms with E-state index in [-0.39, 0.29) is 18.0 Å². The van der Waals surface area contributed by atoms with Gasteiger partial charge in [0, 0.05) is 23.1 Å². The number of nitrogens with zero attached hydrogens (tertiary/aromatic N) is 1. The van der Waals surface area contributed by atoms with E-state index in [1.807, 2.05) is 36.5 Å². The Bertz CT molecular complexity index is 871. The number of benzene rings is 2. The largest absolute Gasteiger partial charge is 0.368 e. The van der Waals surface area contributed by atoms with Crippen LogP contribution in [-0.4, -0.2) is 22.3 Å². The van der Waals surface area contributed by atoms with Crippen LogP contribution in [0.3, 0.4) is 0 Å². The minimum absolute atomic E-state index is 0.200. The predicted octanol–water partition coefficient (Wildman–Crippen LogP) is 3.92. The molecule has 2 atom stereocenters. The molecule has 4 rings (SSSR count). The lowest BCUT2D eigenvalue weighted by Gasteiger charge is -2.40. The number of H-pyrrole nitrogens is 1. The van der Waals surface area contributed by atoms with Crippen LogP contribution < -0.4 is 5.73 Å². The second-order valence-electron chi connectivity index (χ2n) is 6.75. The lowest BCUT2D eigenvalue weighted by molar-refractivity contribution is -0.125. The standard InChI is InChI=1S/C21H23N3O/c22-21(25)20(15-7-2-1-3-8-15)24-14-5-4-11-19(24)17-9-6-10-18-16(17)12-13-23-18/h1-3,6-10,12-13,19-20,23H,4-5,11,14H2,(H2,22,25). The second-order valence-corrected chi connectivity index (χ2v) is 6.75. The zero-order valence-corrected chi connectivity index (χ0v) is 14.2. The van der Waals surface area contributed by atoms with Gasteiger partial charge >= 0.3 is 0 Å². The van der Waals surface area contributed by atoms with E-state index < -0.39 is 0 Å². The van der Waals surface area contributed by atoms with E-state index in [1.54, 1.807) is 0 Å². The molecule has 2 aromatic carbocycles. The van der Waals surface area contributed by atoms with Gasteiger partial charge in [0.1, 0.15) is 6.04 Å². The number of hydrogen-bond donors (Lipinski definition) is 2. The smallest absolute Gasteiger partial charge is 0.239 e. The zero-order chi connectivity index (χ0) is 17.2. The highest BCUT2D eigenvalue weighted by molar-refractivity contribution is 5.84. The van der Waals surface area contributed by atoms with Crippen LogP contribution in [0.5, 0.6) is 0 Å². The predicted molar refractivity (Wildman–Crippen MR) is 100.0 cm³/mol. The number of hydrogen-bond acceptors (Lipinski definition) is 2. The molecule has 128 valence electrons. The molecule has 1 amide bonds. The minimum Gasteiger partial charge on any atom is -0.368 e. The number of likely N-dealkylation sites (tertiary alicyclic amines) is 1. The van der Waals surface area contributed by atoms with Crippen molar-refractivity contribution in [3.8, 4) is 0 Å².